The van der Waals surface area contributed by atoms with Crippen LogP contribution in [0.15, 0.2) is 54.9 Å². The zero-order valence-corrected chi connectivity index (χ0v) is 22.9. The van der Waals surface area contributed by atoms with Crippen LogP contribution in [0, 0.1) is 11.3 Å². The number of carbonyl (C=O) groups excluding carboxylic acids is 1. The number of hydrogen-bond acceptors (Lipinski definition) is 7. The molecule has 4 heterocycles. The number of nitrogens with zero attached hydrogens (tertiary/aromatic N) is 5. The van der Waals surface area contributed by atoms with Crippen molar-refractivity contribution in [3.63, 3.8) is 0 Å². The quantitative estimate of drug-likeness (QED) is 0.455. The highest BCUT2D eigenvalue weighted by Crippen LogP contribution is 2.40. The van der Waals surface area contributed by atoms with E-state index in [1.807, 2.05) is 49.2 Å². The fraction of sp³-hybridized carbons (Fsp3) is 0.400. The highest BCUT2D eigenvalue weighted by Gasteiger charge is 2.45. The van der Waals surface area contributed by atoms with Gasteiger partial charge in [-0.2, -0.15) is 18.4 Å². The van der Waals surface area contributed by atoms with Crippen molar-refractivity contribution in [1.82, 2.24) is 20.2 Å². The number of pyridine rings is 2. The van der Waals surface area contributed by atoms with Crippen LogP contribution in [0.5, 0.6) is 5.88 Å². The van der Waals surface area contributed by atoms with Crippen LogP contribution in [0.25, 0.3) is 11.3 Å². The Morgan fingerprint density at radius 2 is 1.93 bits per heavy atom. The van der Waals surface area contributed by atoms with Gasteiger partial charge in [-0.15, -0.1) is 0 Å². The smallest absolute Gasteiger partial charge is 0.416 e. The number of hydrogen-bond donors (Lipinski definition) is 1. The van der Waals surface area contributed by atoms with E-state index in [0.717, 1.165) is 36.3 Å². The van der Waals surface area contributed by atoms with Crippen LogP contribution in [0.1, 0.15) is 36.5 Å². The van der Waals surface area contributed by atoms with Crippen LogP contribution in [0.4, 0.5) is 18.9 Å². The molecule has 11 heteroatoms. The fourth-order valence-corrected chi connectivity index (χ4v) is 5.64. The molecular weight excluding hydrogens is 533 g/mol. The number of likely N-dealkylation sites (tertiary alicyclic amines) is 1. The lowest BCUT2D eigenvalue weighted by molar-refractivity contribution is -0.137. The van der Waals surface area contributed by atoms with Gasteiger partial charge in [-0.3, -0.25) is 9.78 Å². The normalized spacial score (nSPS) is 17.4. The number of likely N-dealkylation sites (N-methyl/N-ethyl adjacent to an activating group) is 1. The van der Waals surface area contributed by atoms with Gasteiger partial charge in [-0.05, 0) is 68.8 Å². The van der Waals surface area contributed by atoms with E-state index in [1.165, 1.54) is 6.07 Å². The molecule has 1 aromatic carbocycles. The average Bonchev–Trinajstić information content (AvgIpc) is 2.96. The van der Waals surface area contributed by atoms with Crippen LogP contribution >= 0.6 is 0 Å². The highest BCUT2D eigenvalue weighted by atomic mass is 19.4. The second-order valence-corrected chi connectivity index (χ2v) is 10.5. The first-order valence-electron chi connectivity index (χ1n) is 13.5. The molecule has 3 aromatic rings. The lowest BCUT2D eigenvalue weighted by Crippen LogP contribution is -2.62. The van der Waals surface area contributed by atoms with E-state index in [2.05, 4.69) is 20.2 Å². The number of halogens is 3. The molecule has 0 spiro atoms. The number of alkyl halides is 3. The number of anilines is 1. The molecule has 0 saturated carbocycles. The number of benzene rings is 1. The van der Waals surface area contributed by atoms with Gasteiger partial charge < -0.3 is 19.9 Å². The minimum Gasteiger partial charge on any atom is -0.477 e. The van der Waals surface area contributed by atoms with E-state index < -0.39 is 17.2 Å². The van der Waals surface area contributed by atoms with Crippen molar-refractivity contribution in [2.24, 2.45) is 0 Å². The third-order valence-corrected chi connectivity index (χ3v) is 7.88. The Labute approximate surface area is 236 Å². The molecule has 41 heavy (non-hydrogen) atoms. The first kappa shape index (κ1) is 28.4. The van der Waals surface area contributed by atoms with Gasteiger partial charge in [-0.25, -0.2) is 4.98 Å². The summed E-state index contributed by atoms with van der Waals surface area (Å²) >= 11 is 0. The first-order chi connectivity index (χ1) is 19.6. The third-order valence-electron chi connectivity index (χ3n) is 7.88. The molecule has 214 valence electrons. The number of carbonyl (C=O) groups is 1. The lowest BCUT2D eigenvalue weighted by Gasteiger charge is -2.44. The van der Waals surface area contributed by atoms with Crippen LogP contribution in [-0.4, -0.2) is 66.7 Å². The lowest BCUT2D eigenvalue weighted by atomic mass is 9.72. The summed E-state index contributed by atoms with van der Waals surface area (Å²) in [6.07, 6.45) is -0.342. The van der Waals surface area contributed by atoms with Crippen molar-refractivity contribution in [3.8, 4) is 23.2 Å². The predicted octanol–water partition coefficient (Wildman–Crippen LogP) is 4.40. The summed E-state index contributed by atoms with van der Waals surface area (Å²) in [6.45, 7) is 4.65. The van der Waals surface area contributed by atoms with Gasteiger partial charge in [-0.1, -0.05) is 6.07 Å². The molecular formula is C30H31F3N6O2. The van der Waals surface area contributed by atoms with Crippen molar-refractivity contribution < 1.29 is 22.7 Å². The van der Waals surface area contributed by atoms with E-state index in [-0.39, 0.29) is 17.5 Å². The van der Waals surface area contributed by atoms with Gasteiger partial charge in [0.15, 0.2) is 0 Å². The molecule has 2 fully saturated rings. The zero-order chi connectivity index (χ0) is 29.2. The van der Waals surface area contributed by atoms with Gasteiger partial charge in [0.2, 0.25) is 11.8 Å². The minimum atomic E-state index is -4.53. The standard InChI is InChI=1S/C30H31F3N6O2/c1-3-41-27-24(5-4-12-35-27)25-8-6-22(17-36-25)29(28(40)37-23-18-38(2)19-23)10-13-39(14-11-29)26-9-7-21(30(31,32)33)15-20(26)16-34/h4-9,12,15,17,23H,3,10-11,13-14,18-19H2,1-2H3,(H,37,40). The highest BCUT2D eigenvalue weighted by molar-refractivity contribution is 5.89. The number of nitriles is 1. The molecule has 0 aliphatic carbocycles. The molecule has 5 rings (SSSR count). The van der Waals surface area contributed by atoms with Gasteiger partial charge in [0, 0.05) is 38.6 Å². The van der Waals surface area contributed by atoms with E-state index in [0.29, 0.717) is 49.8 Å². The molecule has 0 atom stereocenters. The maximum absolute atomic E-state index is 13.9. The average molecular weight is 565 g/mol. The van der Waals surface area contributed by atoms with Crippen LogP contribution in [0.3, 0.4) is 0 Å². The largest absolute Gasteiger partial charge is 0.477 e. The molecule has 0 radical (unpaired) electrons. The SMILES string of the molecule is CCOc1ncccc1-c1ccc(C2(C(=O)NC3CN(C)C3)CCN(c3ccc(C(F)(F)F)cc3C#N)CC2)cn1. The molecule has 0 bridgehead atoms. The maximum atomic E-state index is 13.9. The fourth-order valence-electron chi connectivity index (χ4n) is 5.64. The maximum Gasteiger partial charge on any atom is 0.416 e. The van der Waals surface area contributed by atoms with Crippen LogP contribution in [0.2, 0.25) is 0 Å². The summed E-state index contributed by atoms with van der Waals surface area (Å²) in [6, 6.07) is 12.6. The molecule has 8 nitrogen and oxygen atoms in total. The van der Waals surface area contributed by atoms with Crippen molar-refractivity contribution in [3.05, 3.63) is 71.5 Å². The second-order valence-electron chi connectivity index (χ2n) is 10.5. The Kier molecular flexibility index (Phi) is 7.87. The van der Waals surface area contributed by atoms with Crippen LogP contribution < -0.4 is 15.0 Å². The summed E-state index contributed by atoms with van der Waals surface area (Å²) in [4.78, 5) is 26.9. The summed E-state index contributed by atoms with van der Waals surface area (Å²) in [7, 11) is 1.99. The Morgan fingerprint density at radius 1 is 1.17 bits per heavy atom. The predicted molar refractivity (Wildman–Crippen MR) is 147 cm³/mol. The van der Waals surface area contributed by atoms with E-state index >= 15 is 0 Å². The van der Waals surface area contributed by atoms with Gasteiger partial charge in [0.1, 0.15) is 6.07 Å². The van der Waals surface area contributed by atoms with Crippen molar-refractivity contribution in [2.45, 2.75) is 37.4 Å². The van der Waals surface area contributed by atoms with Gasteiger partial charge >= 0.3 is 6.18 Å². The van der Waals surface area contributed by atoms with Gasteiger partial charge in [0.25, 0.3) is 0 Å². The third kappa shape index (κ3) is 5.70. The Bertz CT molecular complexity index is 1440. The first-order valence-corrected chi connectivity index (χ1v) is 13.5. The zero-order valence-electron chi connectivity index (χ0n) is 22.9. The molecule has 2 aliphatic heterocycles. The van der Waals surface area contributed by atoms with Crippen molar-refractivity contribution >= 4 is 11.6 Å². The number of rotatable bonds is 7. The molecule has 2 aromatic heterocycles. The molecule has 2 saturated heterocycles. The topological polar surface area (TPSA) is 94.4 Å². The van der Waals surface area contributed by atoms with E-state index in [9.17, 15) is 23.2 Å². The molecule has 1 N–H and O–H groups in total. The Morgan fingerprint density at radius 3 is 2.54 bits per heavy atom. The Balaban J connectivity index is 1.43. The van der Waals surface area contributed by atoms with E-state index in [1.54, 1.807) is 12.4 Å². The summed E-state index contributed by atoms with van der Waals surface area (Å²) in [5.74, 6) is 0.393. The van der Waals surface area contributed by atoms with Crippen LogP contribution in [-0.2, 0) is 16.4 Å². The monoisotopic (exact) mass is 564 g/mol. The number of aromatic nitrogens is 2. The minimum absolute atomic E-state index is 0.0399. The Hall–Kier alpha value is -4.17. The van der Waals surface area contributed by atoms with Crippen molar-refractivity contribution in [1.29, 1.82) is 5.26 Å². The molecule has 2 aliphatic rings. The van der Waals surface area contributed by atoms with E-state index in [4.69, 9.17) is 4.74 Å². The molecule has 0 unspecified atom stereocenters. The number of ether oxygens (including phenoxy) is 1. The number of amides is 1. The summed E-state index contributed by atoms with van der Waals surface area (Å²) < 4.78 is 45.3. The summed E-state index contributed by atoms with van der Waals surface area (Å²) in [5, 5.41) is 12.8. The summed E-state index contributed by atoms with van der Waals surface area (Å²) in [5.41, 5.74) is 0.833. The number of nitrogens with one attached hydrogen (secondary N) is 1. The van der Waals surface area contributed by atoms with Gasteiger partial charge in [0.05, 0.1) is 46.1 Å². The van der Waals surface area contributed by atoms with Crippen molar-refractivity contribution in [2.75, 3.05) is 44.7 Å². The number of piperidine rings is 1. The second kappa shape index (κ2) is 11.4. The molecule has 1 amide bonds.